The Morgan fingerprint density at radius 2 is 1.45 bits per heavy atom. The minimum absolute atomic E-state index is 0.784. The Morgan fingerprint density at radius 3 is 2.32 bits per heavy atom. The fourth-order valence-electron chi connectivity index (χ4n) is 2.92. The SMILES string of the molecule is Nc1cc(-c2cccc(-c3ccccc3)c2)c2[nH]ccc2c1. The summed E-state index contributed by atoms with van der Waals surface area (Å²) in [5, 5.41) is 1.14. The number of nitrogens with one attached hydrogen (secondary N) is 1. The third kappa shape index (κ3) is 2.15. The highest BCUT2D eigenvalue weighted by Gasteiger charge is 2.07. The van der Waals surface area contributed by atoms with Gasteiger partial charge in [0.15, 0.2) is 0 Å². The lowest BCUT2D eigenvalue weighted by Crippen LogP contribution is -1.88. The molecule has 0 spiro atoms. The number of benzene rings is 3. The van der Waals surface area contributed by atoms with Crippen molar-refractivity contribution in [3.8, 4) is 22.3 Å². The molecule has 3 aromatic carbocycles. The molecule has 0 amide bonds. The van der Waals surface area contributed by atoms with E-state index in [0.717, 1.165) is 22.2 Å². The smallest absolute Gasteiger partial charge is 0.0535 e. The first kappa shape index (κ1) is 12.7. The molecular formula is C20H16N2. The van der Waals surface area contributed by atoms with Gasteiger partial charge in [0.05, 0.1) is 5.52 Å². The van der Waals surface area contributed by atoms with Crippen LogP contribution in [0.5, 0.6) is 0 Å². The van der Waals surface area contributed by atoms with E-state index in [4.69, 9.17) is 5.73 Å². The molecule has 3 N–H and O–H groups in total. The van der Waals surface area contributed by atoms with Crippen LogP contribution in [0.1, 0.15) is 0 Å². The molecule has 0 aliphatic carbocycles. The van der Waals surface area contributed by atoms with E-state index in [2.05, 4.69) is 59.6 Å². The van der Waals surface area contributed by atoms with Crippen molar-refractivity contribution in [2.75, 3.05) is 5.73 Å². The monoisotopic (exact) mass is 284 g/mol. The quantitative estimate of drug-likeness (QED) is 0.495. The van der Waals surface area contributed by atoms with Crippen molar-refractivity contribution < 1.29 is 0 Å². The van der Waals surface area contributed by atoms with E-state index in [0.29, 0.717) is 0 Å². The van der Waals surface area contributed by atoms with E-state index in [1.54, 1.807) is 0 Å². The van der Waals surface area contributed by atoms with Crippen LogP contribution < -0.4 is 5.73 Å². The highest BCUT2D eigenvalue weighted by Crippen LogP contribution is 2.32. The fraction of sp³-hybridized carbons (Fsp3) is 0. The van der Waals surface area contributed by atoms with Crippen LogP contribution in [0.3, 0.4) is 0 Å². The molecule has 106 valence electrons. The van der Waals surface area contributed by atoms with Gasteiger partial charge in [-0.2, -0.15) is 0 Å². The number of nitrogen functional groups attached to an aromatic ring is 1. The number of aromatic nitrogens is 1. The van der Waals surface area contributed by atoms with Gasteiger partial charge in [-0.3, -0.25) is 0 Å². The predicted molar refractivity (Wildman–Crippen MR) is 93.6 cm³/mol. The average Bonchev–Trinajstić information content (AvgIpc) is 3.03. The van der Waals surface area contributed by atoms with Crippen molar-refractivity contribution >= 4 is 16.6 Å². The third-order valence-electron chi connectivity index (χ3n) is 3.96. The molecule has 2 heteroatoms. The maximum Gasteiger partial charge on any atom is 0.0535 e. The van der Waals surface area contributed by atoms with Gasteiger partial charge in [-0.05, 0) is 41.0 Å². The van der Waals surface area contributed by atoms with Gasteiger partial charge < -0.3 is 10.7 Å². The molecule has 0 saturated carbocycles. The van der Waals surface area contributed by atoms with Crippen molar-refractivity contribution in [3.63, 3.8) is 0 Å². The molecule has 0 saturated heterocycles. The van der Waals surface area contributed by atoms with Crippen molar-refractivity contribution in [3.05, 3.63) is 79.0 Å². The Kier molecular flexibility index (Phi) is 2.94. The zero-order valence-electron chi connectivity index (χ0n) is 12.1. The van der Waals surface area contributed by atoms with Crippen LogP contribution in [0.25, 0.3) is 33.2 Å². The predicted octanol–water partition coefficient (Wildman–Crippen LogP) is 5.08. The summed E-state index contributed by atoms with van der Waals surface area (Å²) in [6, 6.07) is 25.1. The Bertz CT molecular complexity index is 936. The van der Waals surface area contributed by atoms with Crippen molar-refractivity contribution in [1.29, 1.82) is 0 Å². The lowest BCUT2D eigenvalue weighted by molar-refractivity contribution is 1.47. The molecular weight excluding hydrogens is 268 g/mol. The number of hydrogen-bond acceptors (Lipinski definition) is 1. The molecule has 0 atom stereocenters. The maximum absolute atomic E-state index is 6.06. The van der Waals surface area contributed by atoms with E-state index < -0.39 is 0 Å². The lowest BCUT2D eigenvalue weighted by atomic mass is 9.97. The largest absolute Gasteiger partial charge is 0.399 e. The molecule has 0 aliphatic rings. The lowest BCUT2D eigenvalue weighted by Gasteiger charge is -2.08. The number of nitrogens with two attached hydrogens (primary N) is 1. The number of rotatable bonds is 2. The first-order valence-electron chi connectivity index (χ1n) is 7.34. The summed E-state index contributed by atoms with van der Waals surface area (Å²) in [6.07, 6.45) is 1.95. The summed E-state index contributed by atoms with van der Waals surface area (Å²) in [7, 11) is 0. The average molecular weight is 284 g/mol. The summed E-state index contributed by atoms with van der Waals surface area (Å²) >= 11 is 0. The van der Waals surface area contributed by atoms with Crippen LogP contribution in [0, 0.1) is 0 Å². The van der Waals surface area contributed by atoms with Gasteiger partial charge >= 0.3 is 0 Å². The zero-order valence-corrected chi connectivity index (χ0v) is 12.1. The van der Waals surface area contributed by atoms with Crippen LogP contribution in [-0.4, -0.2) is 4.98 Å². The summed E-state index contributed by atoms with van der Waals surface area (Å²) in [6.45, 7) is 0. The molecule has 4 rings (SSSR count). The van der Waals surface area contributed by atoms with Crippen LogP contribution in [0.2, 0.25) is 0 Å². The van der Waals surface area contributed by atoms with Crippen LogP contribution in [0.15, 0.2) is 79.0 Å². The molecule has 2 nitrogen and oxygen atoms in total. The van der Waals surface area contributed by atoms with E-state index >= 15 is 0 Å². The van der Waals surface area contributed by atoms with Crippen LogP contribution in [0.4, 0.5) is 5.69 Å². The minimum Gasteiger partial charge on any atom is -0.399 e. The third-order valence-corrected chi connectivity index (χ3v) is 3.96. The normalized spacial score (nSPS) is 10.9. The second kappa shape index (κ2) is 5.08. The summed E-state index contributed by atoms with van der Waals surface area (Å²) in [4.78, 5) is 3.32. The van der Waals surface area contributed by atoms with Gasteiger partial charge in [-0.1, -0.05) is 48.5 Å². The molecule has 0 radical (unpaired) electrons. The zero-order chi connectivity index (χ0) is 14.9. The molecule has 0 aliphatic heterocycles. The molecule has 0 fully saturated rings. The highest BCUT2D eigenvalue weighted by atomic mass is 14.7. The van der Waals surface area contributed by atoms with E-state index in [-0.39, 0.29) is 0 Å². The fourth-order valence-corrected chi connectivity index (χ4v) is 2.92. The minimum atomic E-state index is 0.784. The molecule has 4 aromatic rings. The van der Waals surface area contributed by atoms with Crippen LogP contribution >= 0.6 is 0 Å². The summed E-state index contributed by atoms with van der Waals surface area (Å²) in [5.74, 6) is 0. The summed E-state index contributed by atoms with van der Waals surface area (Å²) < 4.78 is 0. The maximum atomic E-state index is 6.06. The standard InChI is InChI=1S/C20H16N2/c21-18-12-17-9-10-22-20(17)19(13-18)16-8-4-7-15(11-16)14-5-2-1-3-6-14/h1-13,22H,21H2. The number of H-pyrrole nitrogens is 1. The highest BCUT2D eigenvalue weighted by molar-refractivity contribution is 5.97. The molecule has 22 heavy (non-hydrogen) atoms. The van der Waals surface area contributed by atoms with Gasteiger partial charge in [0.25, 0.3) is 0 Å². The van der Waals surface area contributed by atoms with Gasteiger partial charge in [0, 0.05) is 22.8 Å². The molecule has 0 bridgehead atoms. The van der Waals surface area contributed by atoms with Gasteiger partial charge in [-0.15, -0.1) is 0 Å². The van der Waals surface area contributed by atoms with Crippen molar-refractivity contribution in [2.24, 2.45) is 0 Å². The number of anilines is 1. The van der Waals surface area contributed by atoms with E-state index in [1.807, 2.05) is 24.4 Å². The number of aromatic amines is 1. The van der Waals surface area contributed by atoms with Crippen molar-refractivity contribution in [1.82, 2.24) is 4.98 Å². The van der Waals surface area contributed by atoms with E-state index in [1.165, 1.54) is 16.7 Å². The first-order valence-corrected chi connectivity index (χ1v) is 7.34. The van der Waals surface area contributed by atoms with E-state index in [9.17, 15) is 0 Å². The number of fused-ring (bicyclic) bond motifs is 1. The number of hydrogen-bond donors (Lipinski definition) is 2. The summed E-state index contributed by atoms with van der Waals surface area (Å²) in [5.41, 5.74) is 12.7. The van der Waals surface area contributed by atoms with Crippen LogP contribution in [-0.2, 0) is 0 Å². The second-order valence-corrected chi connectivity index (χ2v) is 5.46. The molecule has 1 aromatic heterocycles. The molecule has 0 unspecified atom stereocenters. The van der Waals surface area contributed by atoms with Crippen molar-refractivity contribution in [2.45, 2.75) is 0 Å². The van der Waals surface area contributed by atoms with Gasteiger partial charge in [0.1, 0.15) is 0 Å². The Labute approximate surface area is 129 Å². The second-order valence-electron chi connectivity index (χ2n) is 5.46. The van der Waals surface area contributed by atoms with Gasteiger partial charge in [0.2, 0.25) is 0 Å². The molecule has 1 heterocycles. The Hall–Kier alpha value is -3.00. The van der Waals surface area contributed by atoms with Gasteiger partial charge in [-0.25, -0.2) is 0 Å². The topological polar surface area (TPSA) is 41.8 Å². The first-order chi connectivity index (χ1) is 10.8. The Morgan fingerprint density at radius 1 is 0.682 bits per heavy atom. The Balaban J connectivity index is 1.91.